The summed E-state index contributed by atoms with van der Waals surface area (Å²) in [4.78, 5) is 41.9. The summed E-state index contributed by atoms with van der Waals surface area (Å²) in [7, 11) is 0. The van der Waals surface area contributed by atoms with Crippen molar-refractivity contribution >= 4 is 17.6 Å². The van der Waals surface area contributed by atoms with E-state index in [2.05, 4.69) is 16.8 Å². The first-order valence-corrected chi connectivity index (χ1v) is 13.4. The minimum absolute atomic E-state index is 0.108. The molecule has 5 rings (SSSR count). The zero-order chi connectivity index (χ0) is 26.5. The predicted octanol–water partition coefficient (Wildman–Crippen LogP) is 2.89. The van der Waals surface area contributed by atoms with E-state index in [1.165, 1.54) is 0 Å². The van der Waals surface area contributed by atoms with Crippen molar-refractivity contribution in [2.24, 2.45) is 0 Å². The van der Waals surface area contributed by atoms with Gasteiger partial charge < -0.3 is 19.7 Å². The highest BCUT2D eigenvalue weighted by atomic mass is 16.5. The number of hydrogen-bond donors (Lipinski definition) is 1. The molecule has 38 heavy (non-hydrogen) atoms. The van der Waals surface area contributed by atoms with E-state index in [9.17, 15) is 14.4 Å². The molecule has 0 aliphatic carbocycles. The van der Waals surface area contributed by atoms with Crippen LogP contribution in [0, 0.1) is 0 Å². The van der Waals surface area contributed by atoms with Crippen molar-refractivity contribution in [3.05, 3.63) is 77.0 Å². The monoisotopic (exact) mass is 517 g/mol. The van der Waals surface area contributed by atoms with Crippen molar-refractivity contribution in [3.63, 3.8) is 0 Å². The number of carbonyl (C=O) groups is 3. The minimum atomic E-state index is -0.466. The third-order valence-electron chi connectivity index (χ3n) is 7.50. The fraction of sp³-hybridized carbons (Fsp3) is 0.433. The zero-order valence-electron chi connectivity index (χ0n) is 21.7. The van der Waals surface area contributed by atoms with Crippen LogP contribution in [0.15, 0.2) is 54.7 Å². The largest absolute Gasteiger partial charge is 0.492 e. The fourth-order valence-corrected chi connectivity index (χ4v) is 5.28. The molecule has 8 heteroatoms. The molecule has 0 bridgehead atoms. The summed E-state index contributed by atoms with van der Waals surface area (Å²) < 4.78 is 11.2. The van der Waals surface area contributed by atoms with E-state index in [0.717, 1.165) is 55.3 Å². The highest BCUT2D eigenvalue weighted by Crippen LogP contribution is 2.29. The number of amides is 2. The summed E-state index contributed by atoms with van der Waals surface area (Å²) in [6, 6.07) is 13.0. The van der Waals surface area contributed by atoms with E-state index in [-0.39, 0.29) is 17.6 Å². The quantitative estimate of drug-likeness (QED) is 0.522. The Morgan fingerprint density at radius 1 is 1.08 bits per heavy atom. The second kappa shape index (κ2) is 11.9. The molecule has 2 amide bonds. The van der Waals surface area contributed by atoms with Gasteiger partial charge in [0.15, 0.2) is 0 Å². The third-order valence-corrected chi connectivity index (χ3v) is 7.50. The maximum Gasteiger partial charge on any atom is 0.255 e. The first-order chi connectivity index (χ1) is 18.5. The number of ketones is 1. The predicted molar refractivity (Wildman–Crippen MR) is 143 cm³/mol. The molecule has 0 saturated carbocycles. The van der Waals surface area contributed by atoms with Crippen LogP contribution in [0.25, 0.3) is 0 Å². The van der Waals surface area contributed by atoms with Crippen LogP contribution < -0.4 is 10.1 Å². The Morgan fingerprint density at radius 2 is 1.84 bits per heavy atom. The van der Waals surface area contributed by atoms with Gasteiger partial charge in [0.2, 0.25) is 5.91 Å². The van der Waals surface area contributed by atoms with E-state index in [1.54, 1.807) is 4.90 Å². The molecule has 3 aliphatic heterocycles. The van der Waals surface area contributed by atoms with Crippen molar-refractivity contribution < 1.29 is 23.9 Å². The number of Topliss-reactive ketones (excluding diaryl/α,β-unsaturated/α-hetero) is 1. The van der Waals surface area contributed by atoms with Gasteiger partial charge in [-0.25, -0.2) is 0 Å². The van der Waals surface area contributed by atoms with Crippen LogP contribution in [0.5, 0.6) is 5.75 Å². The second-order valence-corrected chi connectivity index (χ2v) is 10.2. The average Bonchev–Trinajstić information content (AvgIpc) is 3.24. The number of morpholine rings is 1. The Kier molecular flexibility index (Phi) is 8.20. The van der Waals surface area contributed by atoms with Gasteiger partial charge in [-0.1, -0.05) is 30.8 Å². The Hall–Kier alpha value is -3.49. The summed E-state index contributed by atoms with van der Waals surface area (Å²) in [5.41, 5.74) is 4.26. The highest BCUT2D eigenvalue weighted by Gasteiger charge is 2.38. The van der Waals surface area contributed by atoms with Crippen LogP contribution in [0.4, 0.5) is 0 Å². The number of carbonyl (C=O) groups excluding carboxylic acids is 3. The van der Waals surface area contributed by atoms with Gasteiger partial charge in [0.1, 0.15) is 24.2 Å². The topological polar surface area (TPSA) is 88.2 Å². The number of ether oxygens (including phenoxy) is 2. The van der Waals surface area contributed by atoms with Crippen molar-refractivity contribution in [2.75, 3.05) is 39.5 Å². The second-order valence-electron chi connectivity index (χ2n) is 10.2. The number of allylic oxidation sites excluding steroid dienone is 1. The first-order valence-electron chi connectivity index (χ1n) is 13.4. The standard InChI is InChI=1S/C30H35N3O5/c1-21-2-11-28(29(35)31-21)33-20-24-18-22(6-10-27(24)30(33)36)3-7-25(34)19-23-4-8-26(9-5-23)38-17-14-32-12-15-37-16-13-32/h4-6,8-10,18,28H,1-3,7,11-17,19-20H2,(H,31,35). The van der Waals surface area contributed by atoms with Crippen LogP contribution in [0.3, 0.4) is 0 Å². The maximum absolute atomic E-state index is 12.9. The van der Waals surface area contributed by atoms with Crippen LogP contribution >= 0.6 is 0 Å². The van der Waals surface area contributed by atoms with Crippen molar-refractivity contribution in [1.82, 2.24) is 15.1 Å². The van der Waals surface area contributed by atoms with E-state index < -0.39 is 6.04 Å². The number of fused-ring (bicyclic) bond motifs is 1. The third kappa shape index (κ3) is 6.31. The van der Waals surface area contributed by atoms with Gasteiger partial charge in [-0.15, -0.1) is 0 Å². The summed E-state index contributed by atoms with van der Waals surface area (Å²) in [5.74, 6) is 0.708. The van der Waals surface area contributed by atoms with E-state index >= 15 is 0 Å². The van der Waals surface area contributed by atoms with Gasteiger partial charge in [0.25, 0.3) is 5.91 Å². The Balaban J connectivity index is 1.08. The van der Waals surface area contributed by atoms with Gasteiger partial charge in [0, 0.05) is 50.3 Å². The lowest BCUT2D eigenvalue weighted by Gasteiger charge is -2.30. The van der Waals surface area contributed by atoms with Crippen LogP contribution in [-0.4, -0.2) is 72.9 Å². The van der Waals surface area contributed by atoms with Crippen molar-refractivity contribution in [1.29, 1.82) is 0 Å². The molecule has 1 N–H and O–H groups in total. The Morgan fingerprint density at radius 3 is 2.61 bits per heavy atom. The first kappa shape index (κ1) is 26.1. The number of benzene rings is 2. The maximum atomic E-state index is 12.9. The summed E-state index contributed by atoms with van der Waals surface area (Å²) in [6.07, 6.45) is 2.70. The van der Waals surface area contributed by atoms with E-state index in [1.807, 2.05) is 42.5 Å². The lowest BCUT2D eigenvalue weighted by atomic mass is 9.99. The number of nitrogens with zero attached hydrogens (tertiary/aromatic N) is 2. The average molecular weight is 518 g/mol. The van der Waals surface area contributed by atoms with E-state index in [4.69, 9.17) is 9.47 Å². The molecule has 200 valence electrons. The molecular weight excluding hydrogens is 482 g/mol. The molecule has 3 heterocycles. The van der Waals surface area contributed by atoms with E-state index in [0.29, 0.717) is 56.5 Å². The molecule has 0 radical (unpaired) electrons. The molecule has 0 aromatic heterocycles. The van der Waals surface area contributed by atoms with Gasteiger partial charge in [-0.2, -0.15) is 0 Å². The molecule has 1 atom stereocenters. The fourth-order valence-electron chi connectivity index (χ4n) is 5.28. The highest BCUT2D eigenvalue weighted by molar-refractivity contribution is 6.01. The molecule has 2 aromatic rings. The van der Waals surface area contributed by atoms with Crippen LogP contribution in [-0.2, 0) is 33.7 Å². The molecular formula is C30H35N3O5. The molecule has 2 fully saturated rings. The van der Waals surface area contributed by atoms with Crippen molar-refractivity contribution in [2.45, 2.75) is 44.7 Å². The van der Waals surface area contributed by atoms with Gasteiger partial charge in [0.05, 0.1) is 13.2 Å². The van der Waals surface area contributed by atoms with Crippen LogP contribution in [0.2, 0.25) is 0 Å². The molecule has 8 nitrogen and oxygen atoms in total. The Labute approximate surface area is 223 Å². The molecule has 0 spiro atoms. The number of piperidine rings is 1. The number of hydrogen-bond acceptors (Lipinski definition) is 6. The lowest BCUT2D eigenvalue weighted by molar-refractivity contribution is -0.126. The van der Waals surface area contributed by atoms with Gasteiger partial charge in [-0.05, 0) is 54.2 Å². The lowest BCUT2D eigenvalue weighted by Crippen LogP contribution is -2.49. The van der Waals surface area contributed by atoms with Gasteiger partial charge in [-0.3, -0.25) is 19.3 Å². The molecule has 3 aliphatic rings. The smallest absolute Gasteiger partial charge is 0.255 e. The normalized spacial score (nSPS) is 19.8. The van der Waals surface area contributed by atoms with Crippen molar-refractivity contribution in [3.8, 4) is 5.75 Å². The molecule has 1 unspecified atom stereocenters. The Bertz CT molecular complexity index is 1200. The number of aryl methyl sites for hydroxylation is 1. The summed E-state index contributed by atoms with van der Waals surface area (Å²) >= 11 is 0. The number of rotatable bonds is 10. The molecule has 2 aromatic carbocycles. The summed E-state index contributed by atoms with van der Waals surface area (Å²) in [6.45, 7) is 9.20. The zero-order valence-corrected chi connectivity index (χ0v) is 21.7. The van der Waals surface area contributed by atoms with Crippen LogP contribution in [0.1, 0.15) is 46.3 Å². The minimum Gasteiger partial charge on any atom is -0.492 e. The molecule has 2 saturated heterocycles. The SMILES string of the molecule is C=C1CCC(N2Cc3cc(CCC(=O)Cc4ccc(OCCN5CCOCC5)cc4)ccc3C2=O)C(=O)N1. The summed E-state index contributed by atoms with van der Waals surface area (Å²) in [5, 5.41) is 2.76. The number of nitrogens with one attached hydrogen (secondary N) is 1. The van der Waals surface area contributed by atoms with Gasteiger partial charge >= 0.3 is 0 Å².